The Morgan fingerprint density at radius 1 is 1.25 bits per heavy atom. The first kappa shape index (κ1) is 13.1. The number of ketones is 1. The number of rotatable bonds is 3. The average molecular weight is 304 g/mol. The number of hydrogen-bond donors (Lipinski definition) is 0. The molecule has 3 aromatic rings. The highest BCUT2D eigenvalue weighted by molar-refractivity contribution is 7.20. The van der Waals surface area contributed by atoms with Crippen LogP contribution in [-0.4, -0.2) is 10.8 Å². The van der Waals surface area contributed by atoms with Crippen LogP contribution >= 0.6 is 22.9 Å². The maximum absolute atomic E-state index is 11.3. The van der Waals surface area contributed by atoms with E-state index >= 15 is 0 Å². The number of carbonyl (C=O) groups is 1. The van der Waals surface area contributed by atoms with Crippen molar-refractivity contribution in [2.24, 2.45) is 0 Å². The molecule has 0 saturated carbocycles. The number of thiazole rings is 1. The summed E-state index contributed by atoms with van der Waals surface area (Å²) >= 11 is 7.57. The summed E-state index contributed by atoms with van der Waals surface area (Å²) in [6.45, 7) is 1.50. The Labute approximate surface area is 124 Å². The molecule has 3 rings (SSSR count). The summed E-state index contributed by atoms with van der Waals surface area (Å²) in [7, 11) is 0. The second-order valence-corrected chi connectivity index (χ2v) is 5.65. The number of ether oxygens (including phenoxy) is 1. The van der Waals surface area contributed by atoms with Crippen LogP contribution in [0.2, 0.25) is 5.02 Å². The minimum Gasteiger partial charge on any atom is -0.429 e. The molecule has 20 heavy (non-hydrogen) atoms. The Kier molecular flexibility index (Phi) is 3.42. The summed E-state index contributed by atoms with van der Waals surface area (Å²) in [5.74, 6) is 0.467. The van der Waals surface area contributed by atoms with Crippen molar-refractivity contribution >= 4 is 38.9 Å². The third kappa shape index (κ3) is 2.53. The Bertz CT molecular complexity index is 764. The highest BCUT2D eigenvalue weighted by atomic mass is 35.5. The molecule has 5 heteroatoms. The summed E-state index contributed by atoms with van der Waals surface area (Å²) < 4.78 is 6.75. The van der Waals surface area contributed by atoms with Crippen molar-refractivity contribution in [2.75, 3.05) is 0 Å². The van der Waals surface area contributed by atoms with E-state index in [9.17, 15) is 4.79 Å². The van der Waals surface area contributed by atoms with Gasteiger partial charge in [0.05, 0.1) is 15.2 Å². The molecule has 0 aliphatic rings. The molecule has 0 atom stereocenters. The largest absolute Gasteiger partial charge is 0.429 e. The number of hydrogen-bond acceptors (Lipinski definition) is 4. The van der Waals surface area contributed by atoms with Gasteiger partial charge < -0.3 is 4.74 Å². The second kappa shape index (κ2) is 5.23. The average Bonchev–Trinajstić information content (AvgIpc) is 2.83. The summed E-state index contributed by atoms with van der Waals surface area (Å²) in [6, 6.07) is 12.8. The molecule has 0 radical (unpaired) electrons. The fraction of sp³-hybridized carbons (Fsp3) is 0.0667. The van der Waals surface area contributed by atoms with Gasteiger partial charge in [0.1, 0.15) is 5.75 Å². The number of para-hydroxylation sites is 1. The van der Waals surface area contributed by atoms with Gasteiger partial charge in [-0.1, -0.05) is 35.1 Å². The van der Waals surface area contributed by atoms with Crippen molar-refractivity contribution in [3.05, 3.63) is 53.1 Å². The maximum Gasteiger partial charge on any atom is 0.279 e. The SMILES string of the molecule is CC(=O)c1ccc(Oc2nc3ccccc3s2)c(Cl)c1. The van der Waals surface area contributed by atoms with E-state index in [2.05, 4.69) is 4.98 Å². The molecule has 3 nitrogen and oxygen atoms in total. The third-order valence-corrected chi connectivity index (χ3v) is 4.02. The summed E-state index contributed by atoms with van der Waals surface area (Å²) in [6.07, 6.45) is 0. The smallest absolute Gasteiger partial charge is 0.279 e. The van der Waals surface area contributed by atoms with Crippen LogP contribution in [0.3, 0.4) is 0 Å². The minimum absolute atomic E-state index is 0.0292. The lowest BCUT2D eigenvalue weighted by atomic mass is 10.1. The van der Waals surface area contributed by atoms with Crippen LogP contribution in [0.15, 0.2) is 42.5 Å². The first-order valence-electron chi connectivity index (χ1n) is 5.97. The molecule has 0 spiro atoms. The topological polar surface area (TPSA) is 39.2 Å². The number of benzene rings is 2. The van der Waals surface area contributed by atoms with Gasteiger partial charge in [-0.2, -0.15) is 0 Å². The van der Waals surface area contributed by atoms with Crippen LogP contribution in [0.4, 0.5) is 0 Å². The summed E-state index contributed by atoms with van der Waals surface area (Å²) in [4.78, 5) is 15.7. The highest BCUT2D eigenvalue weighted by Gasteiger charge is 2.10. The molecule has 1 aromatic heterocycles. The number of carbonyl (C=O) groups excluding carboxylic acids is 1. The van der Waals surface area contributed by atoms with E-state index in [-0.39, 0.29) is 5.78 Å². The molecule has 2 aromatic carbocycles. The highest BCUT2D eigenvalue weighted by Crippen LogP contribution is 2.34. The number of aromatic nitrogens is 1. The second-order valence-electron chi connectivity index (χ2n) is 4.25. The molecule has 0 amide bonds. The Morgan fingerprint density at radius 3 is 2.75 bits per heavy atom. The first-order valence-corrected chi connectivity index (χ1v) is 7.17. The van der Waals surface area contributed by atoms with Gasteiger partial charge >= 0.3 is 0 Å². The monoisotopic (exact) mass is 303 g/mol. The van der Waals surface area contributed by atoms with Crippen LogP contribution in [0.25, 0.3) is 10.2 Å². The van der Waals surface area contributed by atoms with E-state index in [1.54, 1.807) is 18.2 Å². The molecule has 0 saturated heterocycles. The summed E-state index contributed by atoms with van der Waals surface area (Å²) in [5.41, 5.74) is 1.45. The molecule has 0 N–H and O–H groups in total. The van der Waals surface area contributed by atoms with Gasteiger partial charge in [-0.25, -0.2) is 4.98 Å². The Balaban J connectivity index is 1.92. The van der Waals surface area contributed by atoms with E-state index in [1.807, 2.05) is 24.3 Å². The van der Waals surface area contributed by atoms with Crippen molar-refractivity contribution in [1.29, 1.82) is 0 Å². The predicted molar refractivity (Wildman–Crippen MR) is 81.2 cm³/mol. The molecule has 100 valence electrons. The standard InChI is InChI=1S/C15H10ClNO2S/c1-9(18)10-6-7-13(11(16)8-10)19-15-17-12-4-2-3-5-14(12)20-15/h2-8H,1H3. The minimum atomic E-state index is -0.0292. The fourth-order valence-electron chi connectivity index (χ4n) is 1.79. The lowest BCUT2D eigenvalue weighted by Gasteiger charge is -2.05. The number of Topliss-reactive ketones (excluding diaryl/α,β-unsaturated/α-hetero) is 1. The van der Waals surface area contributed by atoms with E-state index in [4.69, 9.17) is 16.3 Å². The van der Waals surface area contributed by atoms with Crippen LogP contribution in [-0.2, 0) is 0 Å². The first-order chi connectivity index (χ1) is 9.63. The maximum atomic E-state index is 11.3. The van der Waals surface area contributed by atoms with Crippen molar-refractivity contribution in [2.45, 2.75) is 6.92 Å². The number of halogens is 1. The summed E-state index contributed by atoms with van der Waals surface area (Å²) in [5, 5.41) is 0.931. The predicted octanol–water partition coefficient (Wildman–Crippen LogP) is 4.94. The fourth-order valence-corrected chi connectivity index (χ4v) is 2.84. The molecule has 1 heterocycles. The van der Waals surface area contributed by atoms with Crippen molar-refractivity contribution in [3.63, 3.8) is 0 Å². The van der Waals surface area contributed by atoms with Crippen LogP contribution in [0, 0.1) is 0 Å². The van der Waals surface area contributed by atoms with Gasteiger partial charge in [-0.05, 0) is 37.3 Å². The van der Waals surface area contributed by atoms with Crippen molar-refractivity contribution in [1.82, 2.24) is 4.98 Å². The van der Waals surface area contributed by atoms with Gasteiger partial charge in [0, 0.05) is 5.56 Å². The number of nitrogens with zero attached hydrogens (tertiary/aromatic N) is 1. The van der Waals surface area contributed by atoms with Crippen LogP contribution in [0.1, 0.15) is 17.3 Å². The Hall–Kier alpha value is -1.91. The lowest BCUT2D eigenvalue weighted by molar-refractivity contribution is 0.101. The molecule has 0 aliphatic heterocycles. The van der Waals surface area contributed by atoms with Crippen LogP contribution < -0.4 is 4.74 Å². The van der Waals surface area contributed by atoms with Crippen molar-refractivity contribution in [3.8, 4) is 10.9 Å². The molecular weight excluding hydrogens is 294 g/mol. The molecule has 0 unspecified atom stereocenters. The quantitative estimate of drug-likeness (QED) is 0.643. The van der Waals surface area contributed by atoms with Gasteiger partial charge in [0.15, 0.2) is 5.78 Å². The van der Waals surface area contributed by atoms with E-state index in [0.717, 1.165) is 10.2 Å². The zero-order valence-corrected chi connectivity index (χ0v) is 12.2. The lowest BCUT2D eigenvalue weighted by Crippen LogP contribution is -1.92. The third-order valence-electron chi connectivity index (χ3n) is 2.81. The zero-order chi connectivity index (χ0) is 14.1. The van der Waals surface area contributed by atoms with Gasteiger partial charge in [-0.15, -0.1) is 0 Å². The van der Waals surface area contributed by atoms with E-state index < -0.39 is 0 Å². The van der Waals surface area contributed by atoms with Gasteiger partial charge in [0.2, 0.25) is 0 Å². The molecule has 0 fully saturated rings. The number of fused-ring (bicyclic) bond motifs is 1. The van der Waals surface area contributed by atoms with E-state index in [0.29, 0.717) is 21.5 Å². The molecular formula is C15H10ClNO2S. The van der Waals surface area contributed by atoms with Gasteiger partial charge in [-0.3, -0.25) is 4.79 Å². The Morgan fingerprint density at radius 2 is 2.05 bits per heavy atom. The van der Waals surface area contributed by atoms with Gasteiger partial charge in [0.25, 0.3) is 5.19 Å². The molecule has 0 bridgehead atoms. The van der Waals surface area contributed by atoms with E-state index in [1.165, 1.54) is 18.3 Å². The zero-order valence-electron chi connectivity index (χ0n) is 10.6. The molecule has 0 aliphatic carbocycles. The van der Waals surface area contributed by atoms with Crippen molar-refractivity contribution < 1.29 is 9.53 Å². The normalized spacial score (nSPS) is 10.7. The van der Waals surface area contributed by atoms with Crippen LogP contribution in [0.5, 0.6) is 10.9 Å².